The summed E-state index contributed by atoms with van der Waals surface area (Å²) < 4.78 is 2.91. The SMILES string of the molecule is Cc1[nH]c2ccccc2c1C=Nn1c(-c2cccc(Br)c2)csc1=Nc1cccnc1. The highest BCUT2D eigenvalue weighted by Gasteiger charge is 2.10. The van der Waals surface area contributed by atoms with Crippen LogP contribution in [0, 0.1) is 6.92 Å². The summed E-state index contributed by atoms with van der Waals surface area (Å²) in [4.78, 5) is 13.2. The van der Waals surface area contributed by atoms with Crippen molar-refractivity contribution in [3.63, 3.8) is 0 Å². The number of halogens is 1. The maximum absolute atomic E-state index is 4.87. The van der Waals surface area contributed by atoms with E-state index >= 15 is 0 Å². The predicted molar refractivity (Wildman–Crippen MR) is 131 cm³/mol. The minimum Gasteiger partial charge on any atom is -0.358 e. The molecular formula is C24H18BrN5S. The third kappa shape index (κ3) is 4.02. The van der Waals surface area contributed by atoms with Gasteiger partial charge in [0.1, 0.15) is 0 Å². The largest absolute Gasteiger partial charge is 0.358 e. The van der Waals surface area contributed by atoms with Crippen LogP contribution in [0.5, 0.6) is 0 Å². The quantitative estimate of drug-likeness (QED) is 0.298. The fourth-order valence-corrected chi connectivity index (χ4v) is 4.70. The highest BCUT2D eigenvalue weighted by molar-refractivity contribution is 9.10. The molecule has 0 unspecified atom stereocenters. The number of fused-ring (bicyclic) bond motifs is 1. The summed E-state index contributed by atoms with van der Waals surface area (Å²) in [7, 11) is 0. The highest BCUT2D eigenvalue weighted by Crippen LogP contribution is 2.25. The summed E-state index contributed by atoms with van der Waals surface area (Å²) in [6.45, 7) is 2.07. The molecule has 0 aliphatic heterocycles. The molecule has 0 amide bonds. The molecule has 3 aromatic heterocycles. The van der Waals surface area contributed by atoms with Crippen molar-refractivity contribution in [1.29, 1.82) is 0 Å². The Bertz CT molecular complexity index is 1460. The Morgan fingerprint density at radius 1 is 1.10 bits per heavy atom. The standard InChI is InChI=1S/C24H18BrN5S/c1-16-21(20-9-2-3-10-22(20)28-16)14-27-30-23(17-6-4-7-18(25)12-17)15-31-24(30)29-19-8-5-11-26-13-19/h2-15,28H,1H3. The lowest BCUT2D eigenvalue weighted by molar-refractivity contribution is 0.854. The van der Waals surface area contributed by atoms with Gasteiger partial charge >= 0.3 is 0 Å². The monoisotopic (exact) mass is 487 g/mol. The molecule has 5 aromatic rings. The topological polar surface area (TPSA) is 58.3 Å². The average molecular weight is 488 g/mol. The van der Waals surface area contributed by atoms with Crippen LogP contribution in [0.1, 0.15) is 11.3 Å². The van der Waals surface area contributed by atoms with Gasteiger partial charge in [0.2, 0.25) is 4.80 Å². The zero-order chi connectivity index (χ0) is 21.2. The van der Waals surface area contributed by atoms with Crippen molar-refractivity contribution in [1.82, 2.24) is 14.6 Å². The second kappa shape index (κ2) is 8.45. The lowest BCUT2D eigenvalue weighted by atomic mass is 10.1. The first-order valence-corrected chi connectivity index (χ1v) is 11.4. The van der Waals surface area contributed by atoms with Crippen LogP contribution in [0.15, 0.2) is 93.0 Å². The highest BCUT2D eigenvalue weighted by atomic mass is 79.9. The zero-order valence-corrected chi connectivity index (χ0v) is 19.1. The molecule has 5 nitrogen and oxygen atoms in total. The Morgan fingerprint density at radius 3 is 2.84 bits per heavy atom. The van der Waals surface area contributed by atoms with Gasteiger partial charge in [0, 0.05) is 43.8 Å². The van der Waals surface area contributed by atoms with Crippen molar-refractivity contribution in [3.8, 4) is 11.3 Å². The Morgan fingerprint density at radius 2 is 2.00 bits per heavy atom. The van der Waals surface area contributed by atoms with E-state index in [4.69, 9.17) is 10.1 Å². The number of benzene rings is 2. The van der Waals surface area contributed by atoms with Crippen LogP contribution < -0.4 is 4.80 Å². The van der Waals surface area contributed by atoms with E-state index in [1.165, 1.54) is 0 Å². The molecular weight excluding hydrogens is 470 g/mol. The van der Waals surface area contributed by atoms with Gasteiger partial charge in [-0.25, -0.2) is 9.67 Å². The minimum atomic E-state index is 0.775. The van der Waals surface area contributed by atoms with Gasteiger partial charge in [-0.2, -0.15) is 5.10 Å². The van der Waals surface area contributed by atoms with Gasteiger partial charge in [0.15, 0.2) is 0 Å². The zero-order valence-electron chi connectivity index (χ0n) is 16.7. The summed E-state index contributed by atoms with van der Waals surface area (Å²) in [5.41, 5.74) is 6.08. The second-order valence-electron chi connectivity index (χ2n) is 7.00. The van der Waals surface area contributed by atoms with Crippen LogP contribution in [0.2, 0.25) is 0 Å². The molecule has 5 rings (SSSR count). The van der Waals surface area contributed by atoms with Crippen molar-refractivity contribution in [2.24, 2.45) is 10.1 Å². The number of thiazole rings is 1. The summed E-state index contributed by atoms with van der Waals surface area (Å²) >= 11 is 5.12. The number of nitrogens with zero attached hydrogens (tertiary/aromatic N) is 4. The smallest absolute Gasteiger partial charge is 0.211 e. The molecule has 0 radical (unpaired) electrons. The molecule has 0 aliphatic carbocycles. The van der Waals surface area contributed by atoms with E-state index in [-0.39, 0.29) is 0 Å². The molecule has 0 bridgehead atoms. The maximum atomic E-state index is 4.87. The molecule has 0 atom stereocenters. The van der Waals surface area contributed by atoms with Crippen LogP contribution in [-0.2, 0) is 0 Å². The number of hydrogen-bond acceptors (Lipinski definition) is 4. The molecule has 0 saturated heterocycles. The van der Waals surface area contributed by atoms with Crippen LogP contribution in [0.25, 0.3) is 22.2 Å². The van der Waals surface area contributed by atoms with Crippen molar-refractivity contribution in [3.05, 3.63) is 99.0 Å². The van der Waals surface area contributed by atoms with E-state index in [0.29, 0.717) is 0 Å². The molecule has 152 valence electrons. The van der Waals surface area contributed by atoms with Crippen LogP contribution in [-0.4, -0.2) is 20.9 Å². The fraction of sp³-hybridized carbons (Fsp3) is 0.0417. The lowest BCUT2D eigenvalue weighted by Gasteiger charge is -2.04. The van der Waals surface area contributed by atoms with Gasteiger partial charge in [0.05, 0.1) is 23.8 Å². The van der Waals surface area contributed by atoms with Gasteiger partial charge in [-0.1, -0.05) is 46.3 Å². The number of aryl methyl sites for hydroxylation is 1. The number of aromatic nitrogens is 3. The summed E-state index contributed by atoms with van der Waals surface area (Å²) in [6.07, 6.45) is 5.40. The minimum absolute atomic E-state index is 0.775. The van der Waals surface area contributed by atoms with E-state index in [1.54, 1.807) is 23.7 Å². The van der Waals surface area contributed by atoms with Crippen LogP contribution >= 0.6 is 27.3 Å². The third-order valence-corrected chi connectivity index (χ3v) is 6.23. The molecule has 7 heteroatoms. The van der Waals surface area contributed by atoms with Crippen molar-refractivity contribution in [2.45, 2.75) is 6.92 Å². The summed E-state index contributed by atoms with van der Waals surface area (Å²) in [5, 5.41) is 8.10. The predicted octanol–water partition coefficient (Wildman–Crippen LogP) is 6.28. The van der Waals surface area contributed by atoms with Crippen LogP contribution in [0.3, 0.4) is 0 Å². The van der Waals surface area contributed by atoms with Gasteiger partial charge < -0.3 is 4.98 Å². The average Bonchev–Trinajstić information content (AvgIpc) is 3.32. The Labute approximate surface area is 191 Å². The molecule has 3 heterocycles. The van der Waals surface area contributed by atoms with E-state index in [0.717, 1.165) is 48.4 Å². The summed E-state index contributed by atoms with van der Waals surface area (Å²) in [6, 6.07) is 20.3. The Hall–Kier alpha value is -3.29. The molecule has 0 aliphatic rings. The number of H-pyrrole nitrogens is 1. The van der Waals surface area contributed by atoms with Gasteiger partial charge in [0.25, 0.3) is 0 Å². The number of nitrogens with one attached hydrogen (secondary N) is 1. The number of para-hydroxylation sites is 1. The number of rotatable bonds is 4. The molecule has 0 saturated carbocycles. The third-order valence-electron chi connectivity index (χ3n) is 4.92. The Kier molecular flexibility index (Phi) is 5.36. The van der Waals surface area contributed by atoms with Gasteiger partial charge in [-0.3, -0.25) is 4.98 Å². The number of pyridine rings is 1. The molecule has 1 N–H and O–H groups in total. The fourth-order valence-electron chi connectivity index (χ4n) is 3.45. The molecule has 2 aromatic carbocycles. The normalized spacial score (nSPS) is 12.3. The first-order valence-electron chi connectivity index (χ1n) is 9.72. The van der Waals surface area contributed by atoms with E-state index in [1.807, 2.05) is 47.3 Å². The van der Waals surface area contributed by atoms with Crippen molar-refractivity contribution in [2.75, 3.05) is 0 Å². The molecule has 0 spiro atoms. The molecule has 0 fully saturated rings. The van der Waals surface area contributed by atoms with Crippen molar-refractivity contribution >= 4 is 50.1 Å². The first kappa shape index (κ1) is 19.7. The first-order chi connectivity index (χ1) is 15.2. The van der Waals surface area contributed by atoms with E-state index < -0.39 is 0 Å². The summed E-state index contributed by atoms with van der Waals surface area (Å²) in [5.74, 6) is 0. The van der Waals surface area contributed by atoms with Crippen molar-refractivity contribution < 1.29 is 0 Å². The second-order valence-corrected chi connectivity index (χ2v) is 8.75. The van der Waals surface area contributed by atoms with Crippen LogP contribution in [0.4, 0.5) is 5.69 Å². The van der Waals surface area contributed by atoms with Gasteiger partial charge in [-0.15, -0.1) is 11.3 Å². The maximum Gasteiger partial charge on any atom is 0.211 e. The van der Waals surface area contributed by atoms with E-state index in [9.17, 15) is 0 Å². The number of hydrogen-bond donors (Lipinski definition) is 1. The lowest BCUT2D eigenvalue weighted by Crippen LogP contribution is -2.11. The Balaban J connectivity index is 1.68. The number of aromatic amines is 1. The molecule has 31 heavy (non-hydrogen) atoms. The van der Waals surface area contributed by atoms with E-state index in [2.05, 4.69) is 62.5 Å². The van der Waals surface area contributed by atoms with Gasteiger partial charge in [-0.05, 0) is 37.3 Å².